The number of hydrazone groups is 1. The van der Waals surface area contributed by atoms with Crippen LogP contribution in [-0.2, 0) is 6.42 Å². The van der Waals surface area contributed by atoms with Crippen LogP contribution < -0.4 is 5.43 Å². The lowest BCUT2D eigenvalue weighted by molar-refractivity contribution is 0.0954. The molecule has 0 bridgehead atoms. The van der Waals surface area contributed by atoms with E-state index in [9.17, 15) is 4.79 Å². The lowest BCUT2D eigenvalue weighted by atomic mass is 9.90. The Bertz CT molecular complexity index is 747. The van der Waals surface area contributed by atoms with Gasteiger partial charge in [0.2, 0.25) is 0 Å². The SMILES string of the molecule is Cc1ccc(C(=O)N/N=C2/CCCc3ccccc32)cc1C. The van der Waals surface area contributed by atoms with Gasteiger partial charge in [0.25, 0.3) is 5.91 Å². The first-order valence-electron chi connectivity index (χ1n) is 7.67. The predicted octanol–water partition coefficient (Wildman–Crippen LogP) is 3.77. The van der Waals surface area contributed by atoms with E-state index < -0.39 is 0 Å². The van der Waals surface area contributed by atoms with Gasteiger partial charge >= 0.3 is 0 Å². The van der Waals surface area contributed by atoms with Crippen LogP contribution in [0, 0.1) is 13.8 Å². The van der Waals surface area contributed by atoms with E-state index >= 15 is 0 Å². The molecule has 1 amide bonds. The molecule has 0 heterocycles. The van der Waals surface area contributed by atoms with Crippen molar-refractivity contribution < 1.29 is 4.79 Å². The van der Waals surface area contributed by atoms with E-state index in [0.29, 0.717) is 5.56 Å². The summed E-state index contributed by atoms with van der Waals surface area (Å²) in [6.07, 6.45) is 3.07. The summed E-state index contributed by atoms with van der Waals surface area (Å²) in [5, 5.41) is 4.37. The van der Waals surface area contributed by atoms with Crippen LogP contribution in [0.25, 0.3) is 0 Å². The average molecular weight is 292 g/mol. The Morgan fingerprint density at radius 3 is 2.68 bits per heavy atom. The zero-order valence-corrected chi connectivity index (χ0v) is 13.0. The molecule has 22 heavy (non-hydrogen) atoms. The minimum Gasteiger partial charge on any atom is -0.267 e. The number of fused-ring (bicyclic) bond motifs is 1. The van der Waals surface area contributed by atoms with Crippen molar-refractivity contribution in [2.75, 3.05) is 0 Å². The molecule has 3 rings (SSSR count). The van der Waals surface area contributed by atoms with E-state index in [0.717, 1.165) is 36.1 Å². The zero-order valence-electron chi connectivity index (χ0n) is 13.0. The molecular formula is C19H20N2O. The molecule has 3 heteroatoms. The van der Waals surface area contributed by atoms with Crippen LogP contribution >= 0.6 is 0 Å². The number of amides is 1. The Labute approximate surface area is 131 Å². The van der Waals surface area contributed by atoms with Crippen molar-refractivity contribution in [2.24, 2.45) is 5.10 Å². The number of rotatable bonds is 2. The quantitative estimate of drug-likeness (QED) is 0.841. The fourth-order valence-electron chi connectivity index (χ4n) is 2.78. The molecule has 1 aliphatic carbocycles. The van der Waals surface area contributed by atoms with Crippen molar-refractivity contribution >= 4 is 11.6 Å². The van der Waals surface area contributed by atoms with Crippen molar-refractivity contribution in [1.82, 2.24) is 5.43 Å². The summed E-state index contributed by atoms with van der Waals surface area (Å²) in [6.45, 7) is 4.05. The third-order valence-corrected chi connectivity index (χ3v) is 4.25. The molecule has 0 fully saturated rings. The van der Waals surface area contributed by atoms with Crippen LogP contribution in [0.15, 0.2) is 47.6 Å². The Morgan fingerprint density at radius 1 is 1.05 bits per heavy atom. The topological polar surface area (TPSA) is 41.5 Å². The second-order valence-corrected chi connectivity index (χ2v) is 5.81. The molecule has 0 aliphatic heterocycles. The Morgan fingerprint density at radius 2 is 1.86 bits per heavy atom. The molecule has 0 saturated carbocycles. The van der Waals surface area contributed by atoms with Gasteiger partial charge in [0, 0.05) is 11.1 Å². The Hall–Kier alpha value is -2.42. The van der Waals surface area contributed by atoms with Crippen molar-refractivity contribution in [3.05, 3.63) is 70.3 Å². The summed E-state index contributed by atoms with van der Waals surface area (Å²) >= 11 is 0. The van der Waals surface area contributed by atoms with Gasteiger partial charge in [-0.1, -0.05) is 30.3 Å². The first-order chi connectivity index (χ1) is 10.6. The van der Waals surface area contributed by atoms with Crippen LogP contribution in [0.3, 0.4) is 0 Å². The summed E-state index contributed by atoms with van der Waals surface area (Å²) in [7, 11) is 0. The third kappa shape index (κ3) is 2.93. The van der Waals surface area contributed by atoms with Gasteiger partial charge < -0.3 is 0 Å². The van der Waals surface area contributed by atoms with Crippen LogP contribution in [0.5, 0.6) is 0 Å². The van der Waals surface area contributed by atoms with Crippen LogP contribution in [0.4, 0.5) is 0 Å². The molecule has 0 unspecified atom stereocenters. The van der Waals surface area contributed by atoms with E-state index in [-0.39, 0.29) is 5.91 Å². The lowest BCUT2D eigenvalue weighted by Gasteiger charge is -2.17. The Kier molecular flexibility index (Phi) is 4.05. The second kappa shape index (κ2) is 6.14. The molecule has 0 radical (unpaired) electrons. The number of hydrogen-bond donors (Lipinski definition) is 1. The molecule has 1 aliphatic rings. The number of carbonyl (C=O) groups excluding carboxylic acids is 1. The maximum absolute atomic E-state index is 12.2. The maximum atomic E-state index is 12.2. The third-order valence-electron chi connectivity index (χ3n) is 4.25. The standard InChI is InChI=1S/C19H20N2O/c1-13-10-11-16(12-14(13)2)19(22)21-20-18-9-5-7-15-6-3-4-8-17(15)18/h3-4,6,8,10-12H,5,7,9H2,1-2H3,(H,21,22)/b20-18-. The highest BCUT2D eigenvalue weighted by Crippen LogP contribution is 2.21. The van der Waals surface area contributed by atoms with Crippen molar-refractivity contribution in [3.8, 4) is 0 Å². The van der Waals surface area contributed by atoms with Gasteiger partial charge in [-0.15, -0.1) is 0 Å². The van der Waals surface area contributed by atoms with E-state index in [2.05, 4.69) is 28.7 Å². The van der Waals surface area contributed by atoms with Gasteiger partial charge in [0.05, 0.1) is 5.71 Å². The molecule has 112 valence electrons. The van der Waals surface area contributed by atoms with Crippen molar-refractivity contribution in [3.63, 3.8) is 0 Å². The summed E-state index contributed by atoms with van der Waals surface area (Å²) < 4.78 is 0. The van der Waals surface area contributed by atoms with E-state index in [1.54, 1.807) is 0 Å². The van der Waals surface area contributed by atoms with Crippen LogP contribution in [-0.4, -0.2) is 11.6 Å². The molecule has 0 saturated heterocycles. The minimum absolute atomic E-state index is 0.154. The van der Waals surface area contributed by atoms with Crippen LogP contribution in [0.2, 0.25) is 0 Å². The summed E-state index contributed by atoms with van der Waals surface area (Å²) in [5.41, 5.74) is 9.10. The summed E-state index contributed by atoms with van der Waals surface area (Å²) in [6, 6.07) is 14.0. The first-order valence-corrected chi connectivity index (χ1v) is 7.67. The van der Waals surface area contributed by atoms with Gasteiger partial charge in [0.1, 0.15) is 0 Å². The fraction of sp³-hybridized carbons (Fsp3) is 0.263. The second-order valence-electron chi connectivity index (χ2n) is 5.81. The molecule has 0 spiro atoms. The van der Waals surface area contributed by atoms with Crippen LogP contribution in [0.1, 0.15) is 45.5 Å². The monoisotopic (exact) mass is 292 g/mol. The number of nitrogens with one attached hydrogen (secondary N) is 1. The maximum Gasteiger partial charge on any atom is 0.271 e. The highest BCUT2D eigenvalue weighted by Gasteiger charge is 2.15. The summed E-state index contributed by atoms with van der Waals surface area (Å²) in [5.74, 6) is -0.154. The molecule has 2 aromatic rings. The van der Waals surface area contributed by atoms with Crippen molar-refractivity contribution in [1.29, 1.82) is 0 Å². The zero-order chi connectivity index (χ0) is 15.5. The number of nitrogens with zero attached hydrogens (tertiary/aromatic N) is 1. The minimum atomic E-state index is -0.154. The summed E-state index contributed by atoms with van der Waals surface area (Å²) in [4.78, 5) is 12.2. The Balaban J connectivity index is 1.79. The van der Waals surface area contributed by atoms with Crippen molar-refractivity contribution in [2.45, 2.75) is 33.1 Å². The van der Waals surface area contributed by atoms with E-state index in [1.807, 2.05) is 38.1 Å². The molecule has 0 atom stereocenters. The predicted molar refractivity (Wildman–Crippen MR) is 89.3 cm³/mol. The molecule has 0 aromatic heterocycles. The molecule has 1 N–H and O–H groups in total. The molecule has 2 aromatic carbocycles. The highest BCUT2D eigenvalue weighted by atomic mass is 16.2. The van der Waals surface area contributed by atoms with Gasteiger partial charge in [-0.05, 0) is 61.9 Å². The van der Waals surface area contributed by atoms with Gasteiger partial charge in [-0.3, -0.25) is 4.79 Å². The van der Waals surface area contributed by atoms with E-state index in [1.165, 1.54) is 11.1 Å². The molecular weight excluding hydrogens is 272 g/mol. The fourth-order valence-corrected chi connectivity index (χ4v) is 2.78. The first kappa shape index (κ1) is 14.5. The largest absolute Gasteiger partial charge is 0.271 e. The van der Waals surface area contributed by atoms with Gasteiger partial charge in [-0.25, -0.2) is 5.43 Å². The van der Waals surface area contributed by atoms with E-state index in [4.69, 9.17) is 0 Å². The number of carbonyl (C=O) groups is 1. The number of benzene rings is 2. The van der Waals surface area contributed by atoms with Gasteiger partial charge in [-0.2, -0.15) is 5.10 Å². The average Bonchev–Trinajstić information content (AvgIpc) is 2.55. The highest BCUT2D eigenvalue weighted by molar-refractivity contribution is 6.04. The number of hydrogen-bond acceptors (Lipinski definition) is 2. The normalized spacial score (nSPS) is 15.5. The van der Waals surface area contributed by atoms with Gasteiger partial charge in [0.15, 0.2) is 0 Å². The molecule has 3 nitrogen and oxygen atoms in total. The number of aryl methyl sites for hydroxylation is 3. The lowest BCUT2D eigenvalue weighted by Crippen LogP contribution is -2.22. The smallest absolute Gasteiger partial charge is 0.267 e.